The van der Waals surface area contributed by atoms with Crippen LogP contribution in [0.25, 0.3) is 6.08 Å². The molecule has 0 aliphatic carbocycles. The van der Waals surface area contributed by atoms with Gasteiger partial charge in [-0.25, -0.2) is 0 Å². The molecule has 1 aliphatic heterocycles. The summed E-state index contributed by atoms with van der Waals surface area (Å²) < 4.78 is 5.30. The van der Waals surface area contributed by atoms with E-state index in [2.05, 4.69) is 17.0 Å². The van der Waals surface area contributed by atoms with Crippen LogP contribution in [-0.2, 0) is 4.74 Å². The van der Waals surface area contributed by atoms with Gasteiger partial charge in [0.1, 0.15) is 0 Å². The van der Waals surface area contributed by atoms with E-state index in [-0.39, 0.29) is 0 Å². The number of hydrogen-bond donors (Lipinski definition) is 0. The minimum atomic E-state index is 0.815. The van der Waals surface area contributed by atoms with Crippen molar-refractivity contribution >= 4 is 17.7 Å². The van der Waals surface area contributed by atoms with E-state index in [1.54, 1.807) is 0 Å². The van der Waals surface area contributed by atoms with Crippen LogP contribution in [0, 0.1) is 0 Å². The molecular formula is C13H16ClNO. The Bertz CT molecular complexity index is 344. The third-order valence-electron chi connectivity index (χ3n) is 2.60. The van der Waals surface area contributed by atoms with Crippen molar-refractivity contribution in [1.29, 1.82) is 0 Å². The van der Waals surface area contributed by atoms with Crippen LogP contribution in [-0.4, -0.2) is 37.7 Å². The van der Waals surface area contributed by atoms with Crippen LogP contribution in [0.4, 0.5) is 0 Å². The fourth-order valence-corrected chi connectivity index (χ4v) is 2.04. The molecule has 1 aromatic carbocycles. The van der Waals surface area contributed by atoms with Gasteiger partial charge in [-0.05, 0) is 11.6 Å². The first kappa shape index (κ1) is 11.6. The Morgan fingerprint density at radius 1 is 1.25 bits per heavy atom. The Morgan fingerprint density at radius 2 is 1.94 bits per heavy atom. The van der Waals surface area contributed by atoms with Crippen LogP contribution in [0.5, 0.6) is 0 Å². The summed E-state index contributed by atoms with van der Waals surface area (Å²) in [5, 5.41) is 0.883. The Kier molecular flexibility index (Phi) is 4.40. The molecule has 1 heterocycles. The number of hydrogen-bond acceptors (Lipinski definition) is 2. The molecule has 0 atom stereocenters. The quantitative estimate of drug-likeness (QED) is 0.801. The van der Waals surface area contributed by atoms with Crippen molar-refractivity contribution in [1.82, 2.24) is 4.90 Å². The summed E-state index contributed by atoms with van der Waals surface area (Å²) in [6, 6.07) is 10.2. The van der Waals surface area contributed by atoms with Gasteiger partial charge in [0, 0.05) is 24.7 Å². The maximum absolute atomic E-state index is 6.23. The zero-order valence-corrected chi connectivity index (χ0v) is 9.99. The van der Waals surface area contributed by atoms with Gasteiger partial charge in [-0.1, -0.05) is 41.9 Å². The van der Waals surface area contributed by atoms with Gasteiger partial charge in [0.2, 0.25) is 0 Å². The summed E-state index contributed by atoms with van der Waals surface area (Å²) in [7, 11) is 0. The third kappa shape index (κ3) is 3.63. The first-order valence-electron chi connectivity index (χ1n) is 5.56. The molecule has 3 heteroatoms. The monoisotopic (exact) mass is 237 g/mol. The fraction of sp³-hybridized carbons (Fsp3) is 0.385. The van der Waals surface area contributed by atoms with Crippen molar-refractivity contribution in [2.24, 2.45) is 0 Å². The highest BCUT2D eigenvalue weighted by molar-refractivity contribution is 6.31. The van der Waals surface area contributed by atoms with Crippen LogP contribution < -0.4 is 0 Å². The van der Waals surface area contributed by atoms with Crippen molar-refractivity contribution in [3.05, 3.63) is 40.9 Å². The molecule has 2 nitrogen and oxygen atoms in total. The second-order valence-electron chi connectivity index (χ2n) is 3.89. The zero-order chi connectivity index (χ0) is 11.2. The molecule has 0 radical (unpaired) electrons. The molecule has 1 saturated heterocycles. The predicted octanol–water partition coefficient (Wildman–Crippen LogP) is 2.60. The van der Waals surface area contributed by atoms with Crippen molar-refractivity contribution in [3.63, 3.8) is 0 Å². The summed E-state index contributed by atoms with van der Waals surface area (Å²) in [4.78, 5) is 2.31. The number of halogens is 1. The molecule has 1 aliphatic rings. The van der Waals surface area contributed by atoms with Crippen LogP contribution in [0.15, 0.2) is 35.4 Å². The van der Waals surface area contributed by atoms with E-state index in [4.69, 9.17) is 16.3 Å². The average Bonchev–Trinajstić information content (AvgIpc) is 2.31. The van der Waals surface area contributed by atoms with Crippen LogP contribution >= 0.6 is 11.6 Å². The fourth-order valence-electron chi connectivity index (χ4n) is 1.75. The number of benzene rings is 1. The van der Waals surface area contributed by atoms with E-state index in [9.17, 15) is 0 Å². The maximum Gasteiger partial charge on any atom is 0.0594 e. The second-order valence-corrected chi connectivity index (χ2v) is 4.38. The first-order chi connectivity index (χ1) is 7.84. The molecular weight excluding hydrogens is 222 g/mol. The van der Waals surface area contributed by atoms with Crippen molar-refractivity contribution in [2.75, 3.05) is 32.8 Å². The molecule has 0 N–H and O–H groups in total. The first-order valence-corrected chi connectivity index (χ1v) is 5.93. The molecule has 0 aromatic heterocycles. The van der Waals surface area contributed by atoms with E-state index < -0.39 is 0 Å². The molecule has 0 saturated carbocycles. The van der Waals surface area contributed by atoms with E-state index in [0.717, 1.165) is 43.4 Å². The summed E-state index contributed by atoms with van der Waals surface area (Å²) >= 11 is 6.23. The highest BCUT2D eigenvalue weighted by atomic mass is 35.5. The van der Waals surface area contributed by atoms with Gasteiger partial charge in [0.25, 0.3) is 0 Å². The van der Waals surface area contributed by atoms with E-state index in [1.807, 2.05) is 24.3 Å². The predicted molar refractivity (Wildman–Crippen MR) is 67.5 cm³/mol. The van der Waals surface area contributed by atoms with Crippen molar-refractivity contribution in [2.45, 2.75) is 0 Å². The molecule has 1 aromatic rings. The van der Waals surface area contributed by atoms with Gasteiger partial charge in [0.15, 0.2) is 0 Å². The van der Waals surface area contributed by atoms with Gasteiger partial charge >= 0.3 is 0 Å². The maximum atomic E-state index is 6.23. The van der Waals surface area contributed by atoms with Crippen LogP contribution in [0.2, 0.25) is 0 Å². The Morgan fingerprint density at radius 3 is 2.62 bits per heavy atom. The average molecular weight is 238 g/mol. The van der Waals surface area contributed by atoms with Gasteiger partial charge < -0.3 is 4.74 Å². The highest BCUT2D eigenvalue weighted by Crippen LogP contribution is 2.12. The van der Waals surface area contributed by atoms with Gasteiger partial charge in [0.05, 0.1) is 13.2 Å². The normalized spacial score (nSPS) is 18.7. The van der Waals surface area contributed by atoms with Gasteiger partial charge in [-0.15, -0.1) is 0 Å². The molecule has 2 rings (SSSR count). The number of rotatable bonds is 3. The van der Waals surface area contributed by atoms with Crippen molar-refractivity contribution < 1.29 is 4.74 Å². The van der Waals surface area contributed by atoms with Crippen molar-refractivity contribution in [3.8, 4) is 0 Å². The summed E-state index contributed by atoms with van der Waals surface area (Å²) in [5.41, 5.74) is 1.15. The molecule has 16 heavy (non-hydrogen) atoms. The van der Waals surface area contributed by atoms with Gasteiger partial charge in [-0.3, -0.25) is 4.90 Å². The van der Waals surface area contributed by atoms with Crippen LogP contribution in [0.1, 0.15) is 5.56 Å². The largest absolute Gasteiger partial charge is 0.379 e. The summed E-state index contributed by atoms with van der Waals surface area (Å²) in [5.74, 6) is 0. The second kappa shape index (κ2) is 6.04. The summed E-state index contributed by atoms with van der Waals surface area (Å²) in [6.45, 7) is 4.39. The molecule has 0 unspecified atom stereocenters. The van der Waals surface area contributed by atoms with E-state index in [0.29, 0.717) is 0 Å². The Balaban J connectivity index is 1.91. The minimum Gasteiger partial charge on any atom is -0.379 e. The Labute approximate surface area is 101 Å². The Hall–Kier alpha value is -0.830. The minimum absolute atomic E-state index is 0.815. The standard InChI is InChI=1S/C13H16ClNO/c14-13(10-12-4-2-1-3-5-12)11-15-6-8-16-9-7-15/h1-5,10H,6-9,11H2/b13-10-. The lowest BCUT2D eigenvalue weighted by atomic mass is 10.2. The van der Waals surface area contributed by atoms with Crippen LogP contribution in [0.3, 0.4) is 0 Å². The van der Waals surface area contributed by atoms with Gasteiger partial charge in [-0.2, -0.15) is 0 Å². The lowest BCUT2D eigenvalue weighted by Crippen LogP contribution is -2.36. The molecule has 86 valence electrons. The number of morpholine rings is 1. The molecule has 0 bridgehead atoms. The van der Waals surface area contributed by atoms with E-state index in [1.165, 1.54) is 0 Å². The molecule has 0 spiro atoms. The lowest BCUT2D eigenvalue weighted by molar-refractivity contribution is 0.0431. The number of nitrogens with zero attached hydrogens (tertiary/aromatic N) is 1. The zero-order valence-electron chi connectivity index (χ0n) is 9.23. The summed E-state index contributed by atoms with van der Waals surface area (Å²) in [6.07, 6.45) is 2.02. The molecule has 1 fully saturated rings. The van der Waals surface area contributed by atoms with E-state index >= 15 is 0 Å². The number of ether oxygens (including phenoxy) is 1. The smallest absolute Gasteiger partial charge is 0.0594 e. The topological polar surface area (TPSA) is 12.5 Å². The highest BCUT2D eigenvalue weighted by Gasteiger charge is 2.10. The third-order valence-corrected chi connectivity index (χ3v) is 2.83. The lowest BCUT2D eigenvalue weighted by Gasteiger charge is -2.26. The molecule has 0 amide bonds. The SMILES string of the molecule is Cl/C(=C\c1ccccc1)CN1CCOCC1.